The molecule has 0 aliphatic carbocycles. The maximum absolute atomic E-state index is 13.1. The van der Waals surface area contributed by atoms with Crippen molar-refractivity contribution in [1.29, 1.82) is 0 Å². The molecule has 3 aliphatic heterocycles. The summed E-state index contributed by atoms with van der Waals surface area (Å²) in [5.41, 5.74) is 1.61. The van der Waals surface area contributed by atoms with Crippen molar-refractivity contribution in [2.45, 2.75) is 20.0 Å². The van der Waals surface area contributed by atoms with Crippen molar-refractivity contribution < 1.29 is 19.1 Å². The van der Waals surface area contributed by atoms with E-state index in [9.17, 15) is 14.4 Å². The van der Waals surface area contributed by atoms with Crippen LogP contribution in [0.1, 0.15) is 22.8 Å². The molecule has 1 aromatic rings. The van der Waals surface area contributed by atoms with Gasteiger partial charge in [-0.05, 0) is 44.2 Å². The van der Waals surface area contributed by atoms with Gasteiger partial charge in [-0.25, -0.2) is 4.99 Å². The standard InChI is InChI=1S/C23H22N4O4/c1-4-31-23(30)17-13-16-19(24-18-10-5-6-11-27(18)22(16)29)26(3)20(17)25-21(28)15-9-7-8-14(2)12-15/h5-13,17-18H,4H2,1-3H3. The molecular weight excluding hydrogens is 396 g/mol. The minimum Gasteiger partial charge on any atom is -0.465 e. The van der Waals surface area contributed by atoms with Gasteiger partial charge < -0.3 is 9.64 Å². The Morgan fingerprint density at radius 2 is 2.06 bits per heavy atom. The van der Waals surface area contributed by atoms with Gasteiger partial charge in [-0.3, -0.25) is 19.3 Å². The highest BCUT2D eigenvalue weighted by Gasteiger charge is 2.42. The lowest BCUT2D eigenvalue weighted by Crippen LogP contribution is -2.53. The van der Waals surface area contributed by atoms with E-state index in [1.54, 1.807) is 50.5 Å². The molecule has 0 fully saturated rings. The fraction of sp³-hybridized carbons (Fsp3) is 0.261. The first-order chi connectivity index (χ1) is 14.9. The smallest absolute Gasteiger partial charge is 0.320 e. The zero-order chi connectivity index (χ0) is 22.1. The van der Waals surface area contributed by atoms with Crippen LogP contribution in [-0.4, -0.2) is 59.1 Å². The van der Waals surface area contributed by atoms with Gasteiger partial charge in [-0.15, -0.1) is 0 Å². The summed E-state index contributed by atoms with van der Waals surface area (Å²) in [6.45, 7) is 3.74. The Hall–Kier alpha value is -3.81. The number of rotatable bonds is 3. The fourth-order valence-electron chi connectivity index (χ4n) is 3.68. The minimum absolute atomic E-state index is 0.165. The van der Waals surface area contributed by atoms with E-state index in [4.69, 9.17) is 4.74 Å². The predicted molar refractivity (Wildman–Crippen MR) is 115 cm³/mol. The molecular formula is C23H22N4O4. The Balaban J connectivity index is 1.80. The number of ether oxygens (including phenoxy) is 1. The van der Waals surface area contributed by atoms with E-state index in [2.05, 4.69) is 9.98 Å². The van der Waals surface area contributed by atoms with Crippen LogP contribution in [0.2, 0.25) is 0 Å². The van der Waals surface area contributed by atoms with Crippen molar-refractivity contribution >= 4 is 29.5 Å². The van der Waals surface area contributed by atoms with Crippen LogP contribution in [0.25, 0.3) is 0 Å². The SMILES string of the molecule is CCOC(=O)C1C=C2C(=O)N3C=CC=CC3N=C2N(C)C1=NC(=O)c1cccc(C)c1. The predicted octanol–water partition coefficient (Wildman–Crippen LogP) is 2.24. The minimum atomic E-state index is -1.00. The average molecular weight is 418 g/mol. The van der Waals surface area contributed by atoms with Crippen molar-refractivity contribution in [1.82, 2.24) is 9.80 Å². The molecule has 0 saturated heterocycles. The van der Waals surface area contributed by atoms with E-state index in [0.29, 0.717) is 11.4 Å². The van der Waals surface area contributed by atoms with Crippen molar-refractivity contribution in [3.05, 3.63) is 71.5 Å². The van der Waals surface area contributed by atoms with Crippen LogP contribution in [0.4, 0.5) is 0 Å². The number of esters is 1. The summed E-state index contributed by atoms with van der Waals surface area (Å²) in [6, 6.07) is 7.05. The van der Waals surface area contributed by atoms with E-state index in [0.717, 1.165) is 5.56 Å². The number of hydrogen-bond donors (Lipinski definition) is 0. The first-order valence-corrected chi connectivity index (χ1v) is 9.98. The molecule has 4 rings (SSSR count). The van der Waals surface area contributed by atoms with Crippen LogP contribution in [0.3, 0.4) is 0 Å². The van der Waals surface area contributed by atoms with Crippen LogP contribution in [0, 0.1) is 12.8 Å². The molecule has 1 aromatic carbocycles. The number of amides is 2. The number of aryl methyl sites for hydroxylation is 1. The molecule has 31 heavy (non-hydrogen) atoms. The molecule has 0 aromatic heterocycles. The molecule has 8 heteroatoms. The van der Waals surface area contributed by atoms with Gasteiger partial charge in [0.2, 0.25) is 0 Å². The van der Waals surface area contributed by atoms with Crippen LogP contribution in [-0.2, 0) is 14.3 Å². The van der Waals surface area contributed by atoms with E-state index in [1.807, 2.05) is 19.1 Å². The quantitative estimate of drug-likeness (QED) is 0.702. The lowest BCUT2D eigenvalue weighted by Gasteiger charge is -2.38. The molecule has 2 unspecified atom stereocenters. The number of likely N-dealkylation sites (N-methyl/N-ethyl adjacent to an activating group) is 1. The molecule has 158 valence electrons. The monoisotopic (exact) mass is 418 g/mol. The molecule has 3 heterocycles. The first kappa shape index (κ1) is 20.5. The Morgan fingerprint density at radius 1 is 1.26 bits per heavy atom. The van der Waals surface area contributed by atoms with Crippen molar-refractivity contribution in [2.24, 2.45) is 15.9 Å². The van der Waals surface area contributed by atoms with Gasteiger partial charge in [0.05, 0.1) is 12.2 Å². The summed E-state index contributed by atoms with van der Waals surface area (Å²) in [5, 5.41) is 0. The second-order valence-electron chi connectivity index (χ2n) is 7.32. The van der Waals surface area contributed by atoms with Gasteiger partial charge in [0, 0.05) is 18.8 Å². The number of carbonyl (C=O) groups excluding carboxylic acids is 3. The summed E-state index contributed by atoms with van der Waals surface area (Å²) in [6.07, 6.45) is 8.01. The van der Waals surface area contributed by atoms with Gasteiger partial charge in [-0.2, -0.15) is 4.99 Å². The largest absolute Gasteiger partial charge is 0.465 e. The molecule has 0 bridgehead atoms. The Labute approximate surface area is 179 Å². The normalized spacial score (nSPS) is 23.2. The first-order valence-electron chi connectivity index (χ1n) is 9.98. The maximum Gasteiger partial charge on any atom is 0.320 e. The third-order valence-corrected chi connectivity index (χ3v) is 5.18. The lowest BCUT2D eigenvalue weighted by molar-refractivity contribution is -0.144. The second-order valence-corrected chi connectivity index (χ2v) is 7.32. The number of carbonyl (C=O) groups is 3. The fourth-order valence-corrected chi connectivity index (χ4v) is 3.68. The Morgan fingerprint density at radius 3 is 2.81 bits per heavy atom. The average Bonchev–Trinajstić information content (AvgIpc) is 2.76. The van der Waals surface area contributed by atoms with E-state index in [-0.39, 0.29) is 23.9 Å². The van der Waals surface area contributed by atoms with E-state index >= 15 is 0 Å². The highest BCUT2D eigenvalue weighted by Crippen LogP contribution is 2.29. The molecule has 2 atom stereocenters. The molecule has 0 saturated carbocycles. The van der Waals surface area contributed by atoms with Crippen LogP contribution < -0.4 is 0 Å². The van der Waals surface area contributed by atoms with Crippen molar-refractivity contribution in [3.8, 4) is 0 Å². The molecule has 8 nitrogen and oxygen atoms in total. The van der Waals surface area contributed by atoms with Crippen molar-refractivity contribution in [3.63, 3.8) is 0 Å². The third-order valence-electron chi connectivity index (χ3n) is 5.18. The number of benzene rings is 1. The zero-order valence-electron chi connectivity index (χ0n) is 17.5. The summed E-state index contributed by atoms with van der Waals surface area (Å²) in [5.74, 6) is -1.81. The van der Waals surface area contributed by atoms with Crippen LogP contribution >= 0.6 is 0 Å². The number of aliphatic imine (C=N–C) groups is 2. The molecule has 0 radical (unpaired) electrons. The topological polar surface area (TPSA) is 91.6 Å². The number of allylic oxidation sites excluding steroid dienone is 2. The number of hydrogen-bond acceptors (Lipinski definition) is 5. The van der Waals surface area contributed by atoms with Gasteiger partial charge >= 0.3 is 5.97 Å². The number of amidine groups is 2. The highest BCUT2D eigenvalue weighted by atomic mass is 16.5. The van der Waals surface area contributed by atoms with Crippen LogP contribution in [0.15, 0.2) is 70.3 Å². The second kappa shape index (κ2) is 8.14. The lowest BCUT2D eigenvalue weighted by atomic mass is 9.95. The van der Waals surface area contributed by atoms with Gasteiger partial charge in [0.1, 0.15) is 23.8 Å². The summed E-state index contributed by atoms with van der Waals surface area (Å²) in [7, 11) is 1.64. The summed E-state index contributed by atoms with van der Waals surface area (Å²) in [4.78, 5) is 50.6. The molecule has 3 aliphatic rings. The Kier molecular flexibility index (Phi) is 5.37. The van der Waals surface area contributed by atoms with Gasteiger partial charge in [-0.1, -0.05) is 23.8 Å². The summed E-state index contributed by atoms with van der Waals surface area (Å²) < 4.78 is 5.20. The van der Waals surface area contributed by atoms with E-state index in [1.165, 1.54) is 15.9 Å². The molecule has 0 spiro atoms. The van der Waals surface area contributed by atoms with Gasteiger partial charge in [0.15, 0.2) is 0 Å². The number of fused-ring (bicyclic) bond motifs is 2. The van der Waals surface area contributed by atoms with Crippen LogP contribution in [0.5, 0.6) is 0 Å². The number of nitrogens with zero attached hydrogens (tertiary/aromatic N) is 4. The molecule has 0 N–H and O–H groups in total. The van der Waals surface area contributed by atoms with E-state index < -0.39 is 24.0 Å². The summed E-state index contributed by atoms with van der Waals surface area (Å²) >= 11 is 0. The Bertz CT molecular complexity index is 1110. The van der Waals surface area contributed by atoms with Crippen molar-refractivity contribution in [2.75, 3.05) is 13.7 Å². The molecule has 2 amide bonds. The maximum atomic E-state index is 13.1. The zero-order valence-corrected chi connectivity index (χ0v) is 17.5. The third kappa shape index (κ3) is 3.72. The van der Waals surface area contributed by atoms with Gasteiger partial charge in [0.25, 0.3) is 11.8 Å². The highest BCUT2D eigenvalue weighted by molar-refractivity contribution is 6.30.